The molecule has 2 heteroatoms. The van der Waals surface area contributed by atoms with Crippen molar-refractivity contribution in [1.82, 2.24) is 0 Å². The van der Waals surface area contributed by atoms with E-state index in [-0.39, 0.29) is 0 Å². The standard InChI is InChI=1S/C52H33NO/c1-2-16-37(17-3-1)53(38-29-27-35(28-30-38)41-23-11-14-34-13-4-5-19-40(34)41)39-18-10-15-36(33-39)42-24-12-25-44-46-31-32-49-52(47-22-8-9-26-48(47)54-49)51(46)45-21-7-6-20-43(45)50(42)44/h1-33H. The lowest BCUT2D eigenvalue weighted by atomic mass is 9.88. The van der Waals surface area contributed by atoms with Crippen molar-refractivity contribution in [1.29, 1.82) is 0 Å². The van der Waals surface area contributed by atoms with Crippen LogP contribution in [0, 0.1) is 0 Å². The van der Waals surface area contributed by atoms with Gasteiger partial charge in [0.15, 0.2) is 0 Å². The normalized spacial score (nSPS) is 11.7. The number of para-hydroxylation sites is 2. The quantitative estimate of drug-likeness (QED) is 0.168. The van der Waals surface area contributed by atoms with Crippen molar-refractivity contribution in [2.24, 2.45) is 0 Å². The summed E-state index contributed by atoms with van der Waals surface area (Å²) in [5.41, 5.74) is 9.98. The summed E-state index contributed by atoms with van der Waals surface area (Å²) in [5.74, 6) is 0. The third-order valence-electron chi connectivity index (χ3n) is 11.0. The van der Waals surface area contributed by atoms with Crippen LogP contribution in [0.3, 0.4) is 0 Å². The van der Waals surface area contributed by atoms with Crippen LogP contribution in [0.5, 0.6) is 0 Å². The number of fused-ring (bicyclic) bond motifs is 11. The molecule has 0 spiro atoms. The molecule has 0 aliphatic rings. The van der Waals surface area contributed by atoms with Gasteiger partial charge in [-0.15, -0.1) is 0 Å². The van der Waals surface area contributed by atoms with Crippen LogP contribution in [0.1, 0.15) is 0 Å². The fraction of sp³-hybridized carbons (Fsp3) is 0. The summed E-state index contributed by atoms with van der Waals surface area (Å²) in [4.78, 5) is 2.36. The Hall–Kier alpha value is -7.16. The topological polar surface area (TPSA) is 16.4 Å². The van der Waals surface area contributed by atoms with Gasteiger partial charge in [0, 0.05) is 33.2 Å². The predicted octanol–water partition coefficient (Wildman–Crippen LogP) is 15.0. The van der Waals surface area contributed by atoms with Crippen LogP contribution in [-0.4, -0.2) is 0 Å². The smallest absolute Gasteiger partial charge is 0.136 e. The van der Waals surface area contributed by atoms with E-state index >= 15 is 0 Å². The highest BCUT2D eigenvalue weighted by atomic mass is 16.3. The van der Waals surface area contributed by atoms with Crippen molar-refractivity contribution in [3.05, 3.63) is 200 Å². The predicted molar refractivity (Wildman–Crippen MR) is 229 cm³/mol. The lowest BCUT2D eigenvalue weighted by Gasteiger charge is -2.26. The van der Waals surface area contributed by atoms with E-state index in [0.29, 0.717) is 0 Å². The number of nitrogens with zero attached hydrogens (tertiary/aromatic N) is 1. The van der Waals surface area contributed by atoms with Crippen LogP contribution in [0.15, 0.2) is 205 Å². The molecule has 0 aliphatic heterocycles. The lowest BCUT2D eigenvalue weighted by molar-refractivity contribution is 0.669. The summed E-state index contributed by atoms with van der Waals surface area (Å²) in [6.45, 7) is 0. The Kier molecular flexibility index (Phi) is 6.90. The fourth-order valence-electron chi connectivity index (χ4n) is 8.65. The minimum atomic E-state index is 0.918. The van der Waals surface area contributed by atoms with Crippen LogP contribution >= 0.6 is 0 Å². The van der Waals surface area contributed by atoms with Gasteiger partial charge >= 0.3 is 0 Å². The van der Waals surface area contributed by atoms with E-state index in [1.54, 1.807) is 0 Å². The zero-order valence-electron chi connectivity index (χ0n) is 29.4. The van der Waals surface area contributed by atoms with E-state index in [1.165, 1.54) is 70.7 Å². The highest BCUT2D eigenvalue weighted by molar-refractivity contribution is 6.36. The van der Waals surface area contributed by atoms with Crippen molar-refractivity contribution >= 4 is 82.1 Å². The molecule has 0 N–H and O–H groups in total. The molecule has 1 heterocycles. The van der Waals surface area contributed by atoms with Gasteiger partial charge in [-0.2, -0.15) is 0 Å². The third-order valence-corrected chi connectivity index (χ3v) is 11.0. The van der Waals surface area contributed by atoms with Crippen molar-refractivity contribution in [2.45, 2.75) is 0 Å². The third kappa shape index (κ3) is 4.74. The zero-order chi connectivity index (χ0) is 35.6. The highest BCUT2D eigenvalue weighted by Crippen LogP contribution is 2.46. The van der Waals surface area contributed by atoms with Crippen LogP contribution < -0.4 is 4.90 Å². The Bertz CT molecular complexity index is 3180. The summed E-state index contributed by atoms with van der Waals surface area (Å²) in [7, 11) is 0. The Labute approximate surface area is 312 Å². The van der Waals surface area contributed by atoms with Crippen LogP contribution in [0.4, 0.5) is 17.1 Å². The van der Waals surface area contributed by atoms with E-state index in [1.807, 2.05) is 6.07 Å². The molecule has 0 radical (unpaired) electrons. The molecule has 0 saturated heterocycles. The SMILES string of the molecule is c1ccc(N(c2ccc(-c3cccc4ccccc34)cc2)c2cccc(-c3cccc4c5ccc6oc7ccccc7c6c5c5ccccc5c34)c2)cc1. The number of benzene rings is 10. The minimum absolute atomic E-state index is 0.918. The van der Waals surface area contributed by atoms with Crippen molar-refractivity contribution in [3.63, 3.8) is 0 Å². The maximum Gasteiger partial charge on any atom is 0.136 e. The largest absolute Gasteiger partial charge is 0.456 e. The molecule has 10 aromatic carbocycles. The molecule has 0 unspecified atom stereocenters. The molecule has 0 aliphatic carbocycles. The van der Waals surface area contributed by atoms with Gasteiger partial charge in [-0.3, -0.25) is 0 Å². The Morgan fingerprint density at radius 3 is 1.70 bits per heavy atom. The fourth-order valence-corrected chi connectivity index (χ4v) is 8.65. The van der Waals surface area contributed by atoms with Crippen molar-refractivity contribution in [3.8, 4) is 22.3 Å². The molecule has 0 saturated carbocycles. The average Bonchev–Trinajstić information content (AvgIpc) is 3.63. The van der Waals surface area contributed by atoms with Crippen LogP contribution in [0.2, 0.25) is 0 Å². The summed E-state index contributed by atoms with van der Waals surface area (Å²) in [5, 5.41) is 12.3. The molecule has 0 atom stereocenters. The Balaban J connectivity index is 1.09. The molecule has 11 aromatic rings. The number of hydrogen-bond donors (Lipinski definition) is 0. The van der Waals surface area contributed by atoms with E-state index < -0.39 is 0 Å². The first-order chi connectivity index (χ1) is 26.8. The average molecular weight is 688 g/mol. The number of rotatable bonds is 5. The van der Waals surface area contributed by atoms with Gasteiger partial charge in [0.2, 0.25) is 0 Å². The van der Waals surface area contributed by atoms with Crippen molar-refractivity contribution in [2.75, 3.05) is 4.90 Å². The van der Waals surface area contributed by atoms with Gasteiger partial charge in [0.1, 0.15) is 11.2 Å². The second-order valence-corrected chi connectivity index (χ2v) is 14.0. The van der Waals surface area contributed by atoms with Crippen molar-refractivity contribution < 1.29 is 4.42 Å². The van der Waals surface area contributed by atoms with Gasteiger partial charge in [0.05, 0.1) is 0 Å². The zero-order valence-corrected chi connectivity index (χ0v) is 29.4. The van der Waals surface area contributed by atoms with E-state index in [0.717, 1.165) is 33.6 Å². The Morgan fingerprint density at radius 2 is 0.870 bits per heavy atom. The van der Waals surface area contributed by atoms with Gasteiger partial charge in [-0.1, -0.05) is 146 Å². The summed E-state index contributed by atoms with van der Waals surface area (Å²) < 4.78 is 6.36. The molecule has 2 nitrogen and oxygen atoms in total. The molecule has 11 rings (SSSR count). The van der Waals surface area contributed by atoms with Gasteiger partial charge in [-0.25, -0.2) is 0 Å². The molecular weight excluding hydrogens is 655 g/mol. The van der Waals surface area contributed by atoms with Gasteiger partial charge in [-0.05, 0) is 115 Å². The second kappa shape index (κ2) is 12.2. The van der Waals surface area contributed by atoms with Gasteiger partial charge < -0.3 is 9.32 Å². The van der Waals surface area contributed by atoms with E-state index in [2.05, 4.69) is 199 Å². The maximum atomic E-state index is 6.36. The van der Waals surface area contributed by atoms with Crippen LogP contribution in [-0.2, 0) is 0 Å². The first-order valence-corrected chi connectivity index (χ1v) is 18.5. The number of furan rings is 1. The molecule has 1 aromatic heterocycles. The minimum Gasteiger partial charge on any atom is -0.456 e. The summed E-state index contributed by atoms with van der Waals surface area (Å²) in [6.07, 6.45) is 0. The highest BCUT2D eigenvalue weighted by Gasteiger charge is 2.19. The summed E-state index contributed by atoms with van der Waals surface area (Å²) in [6, 6.07) is 72.2. The first-order valence-electron chi connectivity index (χ1n) is 18.5. The van der Waals surface area contributed by atoms with E-state index in [9.17, 15) is 0 Å². The monoisotopic (exact) mass is 687 g/mol. The Morgan fingerprint density at radius 1 is 0.296 bits per heavy atom. The number of hydrogen-bond acceptors (Lipinski definition) is 2. The molecule has 0 amide bonds. The molecule has 54 heavy (non-hydrogen) atoms. The van der Waals surface area contributed by atoms with Crippen LogP contribution in [0.25, 0.3) is 87.3 Å². The first kappa shape index (κ1) is 30.5. The molecular formula is C52H33NO. The second-order valence-electron chi connectivity index (χ2n) is 14.0. The number of anilines is 3. The molecule has 0 bridgehead atoms. The maximum absolute atomic E-state index is 6.36. The van der Waals surface area contributed by atoms with Gasteiger partial charge in [0.25, 0.3) is 0 Å². The van der Waals surface area contributed by atoms with E-state index in [4.69, 9.17) is 4.42 Å². The molecule has 0 fully saturated rings. The molecule has 252 valence electrons. The lowest BCUT2D eigenvalue weighted by Crippen LogP contribution is -2.09. The summed E-state index contributed by atoms with van der Waals surface area (Å²) >= 11 is 0.